The van der Waals surface area contributed by atoms with Crippen molar-refractivity contribution in [2.75, 3.05) is 20.1 Å². The number of fused-ring (bicyclic) bond motifs is 1. The fourth-order valence-electron chi connectivity index (χ4n) is 3.81. The number of pyridine rings is 1. The normalized spacial score (nSPS) is 15.8. The Balaban J connectivity index is 0.00000140. The summed E-state index contributed by atoms with van der Waals surface area (Å²) >= 11 is 0. The van der Waals surface area contributed by atoms with Gasteiger partial charge in [-0.1, -0.05) is 48.5 Å². The Labute approximate surface area is 178 Å². The molecule has 148 valence electrons. The molecule has 0 saturated carbocycles. The third-order valence-electron chi connectivity index (χ3n) is 5.09. The standard InChI is InChI=1S/C22H23N3O.2ClH/c1-23-15-17-10-7-13-25(17)22(26)19-14-21(16-8-3-2-4-9-16)24-20-12-6-5-11-18(19)20;;/h2-6,8-9,11-12,14,17,23H,7,10,13,15H2,1H3;2*1H. The van der Waals surface area contributed by atoms with E-state index in [9.17, 15) is 4.79 Å². The van der Waals surface area contributed by atoms with Gasteiger partial charge < -0.3 is 10.2 Å². The van der Waals surface area contributed by atoms with Crippen LogP contribution in [0.4, 0.5) is 0 Å². The summed E-state index contributed by atoms with van der Waals surface area (Å²) in [6.45, 7) is 1.66. The molecule has 0 spiro atoms. The molecular formula is C22H25Cl2N3O. The zero-order chi connectivity index (χ0) is 17.9. The number of para-hydroxylation sites is 1. The second kappa shape index (κ2) is 9.87. The van der Waals surface area contributed by atoms with Crippen LogP contribution in [-0.2, 0) is 0 Å². The van der Waals surface area contributed by atoms with Crippen molar-refractivity contribution in [2.24, 2.45) is 0 Å². The minimum absolute atomic E-state index is 0. The molecule has 4 nitrogen and oxygen atoms in total. The highest BCUT2D eigenvalue weighted by molar-refractivity contribution is 6.07. The van der Waals surface area contributed by atoms with Gasteiger partial charge in [0.25, 0.3) is 5.91 Å². The van der Waals surface area contributed by atoms with Crippen LogP contribution in [0.3, 0.4) is 0 Å². The van der Waals surface area contributed by atoms with Crippen LogP contribution < -0.4 is 5.32 Å². The maximum Gasteiger partial charge on any atom is 0.254 e. The van der Waals surface area contributed by atoms with E-state index in [1.165, 1.54) is 0 Å². The van der Waals surface area contributed by atoms with E-state index in [4.69, 9.17) is 4.98 Å². The lowest BCUT2D eigenvalue weighted by atomic mass is 10.0. The number of rotatable bonds is 4. The largest absolute Gasteiger partial charge is 0.334 e. The van der Waals surface area contributed by atoms with Crippen LogP contribution in [0.2, 0.25) is 0 Å². The molecule has 3 aromatic rings. The van der Waals surface area contributed by atoms with Gasteiger partial charge in [-0.05, 0) is 32.0 Å². The summed E-state index contributed by atoms with van der Waals surface area (Å²) < 4.78 is 0. The highest BCUT2D eigenvalue weighted by atomic mass is 35.5. The number of hydrogen-bond acceptors (Lipinski definition) is 3. The van der Waals surface area contributed by atoms with Crippen LogP contribution in [-0.4, -0.2) is 42.0 Å². The summed E-state index contributed by atoms with van der Waals surface area (Å²) in [5, 5.41) is 4.14. The third kappa shape index (κ3) is 4.30. The highest BCUT2D eigenvalue weighted by Crippen LogP contribution is 2.28. The van der Waals surface area contributed by atoms with E-state index in [0.29, 0.717) is 0 Å². The summed E-state index contributed by atoms with van der Waals surface area (Å²) in [6.07, 6.45) is 2.12. The van der Waals surface area contributed by atoms with E-state index < -0.39 is 0 Å². The molecule has 6 heteroatoms. The topological polar surface area (TPSA) is 45.2 Å². The Kier molecular flexibility index (Phi) is 7.81. The number of hydrogen-bond donors (Lipinski definition) is 1. The van der Waals surface area contributed by atoms with Gasteiger partial charge >= 0.3 is 0 Å². The van der Waals surface area contributed by atoms with E-state index >= 15 is 0 Å². The van der Waals surface area contributed by atoms with Crippen molar-refractivity contribution >= 4 is 41.6 Å². The van der Waals surface area contributed by atoms with E-state index in [1.54, 1.807) is 0 Å². The third-order valence-corrected chi connectivity index (χ3v) is 5.09. The van der Waals surface area contributed by atoms with Crippen LogP contribution >= 0.6 is 24.8 Å². The molecule has 1 amide bonds. The second-order valence-electron chi connectivity index (χ2n) is 6.79. The van der Waals surface area contributed by atoms with Crippen molar-refractivity contribution < 1.29 is 4.79 Å². The van der Waals surface area contributed by atoms with E-state index in [0.717, 1.165) is 53.7 Å². The first-order valence-electron chi connectivity index (χ1n) is 9.18. The molecular weight excluding hydrogens is 393 g/mol. The van der Waals surface area contributed by atoms with Crippen molar-refractivity contribution in [3.8, 4) is 11.3 Å². The van der Waals surface area contributed by atoms with Gasteiger partial charge in [-0.15, -0.1) is 24.8 Å². The number of benzene rings is 2. The zero-order valence-corrected chi connectivity index (χ0v) is 17.4. The lowest BCUT2D eigenvalue weighted by Gasteiger charge is -2.25. The van der Waals surface area contributed by atoms with Crippen molar-refractivity contribution in [3.05, 3.63) is 66.2 Å². The molecule has 0 aliphatic carbocycles. The number of halogens is 2. The van der Waals surface area contributed by atoms with Gasteiger partial charge in [-0.3, -0.25) is 4.79 Å². The van der Waals surface area contributed by atoms with Crippen LogP contribution in [0.25, 0.3) is 22.2 Å². The number of nitrogens with one attached hydrogen (secondary N) is 1. The van der Waals surface area contributed by atoms with Crippen molar-refractivity contribution in [1.82, 2.24) is 15.2 Å². The van der Waals surface area contributed by atoms with Gasteiger partial charge in [0.2, 0.25) is 0 Å². The molecule has 0 radical (unpaired) electrons. The molecule has 28 heavy (non-hydrogen) atoms. The first-order chi connectivity index (χ1) is 12.8. The van der Waals surface area contributed by atoms with Crippen LogP contribution in [0.5, 0.6) is 0 Å². The van der Waals surface area contributed by atoms with Crippen LogP contribution in [0.15, 0.2) is 60.7 Å². The van der Waals surface area contributed by atoms with E-state index in [-0.39, 0.29) is 36.8 Å². The fourth-order valence-corrected chi connectivity index (χ4v) is 3.81. The summed E-state index contributed by atoms with van der Waals surface area (Å²) in [4.78, 5) is 20.2. The molecule has 1 N–H and O–H groups in total. The molecule has 1 atom stereocenters. The number of aromatic nitrogens is 1. The van der Waals surface area contributed by atoms with Gasteiger partial charge in [0, 0.05) is 30.1 Å². The molecule has 1 aliphatic heterocycles. The minimum Gasteiger partial charge on any atom is -0.334 e. The summed E-state index contributed by atoms with van der Waals surface area (Å²) in [6, 6.07) is 20.2. The highest BCUT2D eigenvalue weighted by Gasteiger charge is 2.30. The van der Waals surface area contributed by atoms with Crippen LogP contribution in [0.1, 0.15) is 23.2 Å². The summed E-state index contributed by atoms with van der Waals surface area (Å²) in [5.74, 6) is 0.110. The predicted molar refractivity (Wildman–Crippen MR) is 120 cm³/mol. The quantitative estimate of drug-likeness (QED) is 0.675. The Hall–Kier alpha value is -2.14. The molecule has 1 saturated heterocycles. The van der Waals surface area contributed by atoms with E-state index in [2.05, 4.69) is 5.32 Å². The number of amides is 1. The minimum atomic E-state index is 0. The van der Waals surface area contributed by atoms with Crippen molar-refractivity contribution in [3.63, 3.8) is 0 Å². The maximum absolute atomic E-state index is 13.4. The van der Waals surface area contributed by atoms with Gasteiger partial charge in [-0.25, -0.2) is 4.98 Å². The van der Waals surface area contributed by atoms with Gasteiger partial charge in [0.15, 0.2) is 0 Å². The number of nitrogens with zero attached hydrogens (tertiary/aromatic N) is 2. The number of carbonyl (C=O) groups excluding carboxylic acids is 1. The van der Waals surface area contributed by atoms with E-state index in [1.807, 2.05) is 72.6 Å². The molecule has 2 aromatic carbocycles. The van der Waals surface area contributed by atoms with Gasteiger partial charge in [0.05, 0.1) is 16.8 Å². The number of likely N-dealkylation sites (tertiary alicyclic amines) is 1. The molecule has 1 fully saturated rings. The number of carbonyl (C=O) groups is 1. The Morgan fingerprint density at radius 3 is 2.57 bits per heavy atom. The monoisotopic (exact) mass is 417 g/mol. The summed E-state index contributed by atoms with van der Waals surface area (Å²) in [7, 11) is 1.94. The van der Waals surface area contributed by atoms with Crippen molar-refractivity contribution in [2.45, 2.75) is 18.9 Å². The average Bonchev–Trinajstić information content (AvgIpc) is 3.16. The fraction of sp³-hybridized carbons (Fsp3) is 0.273. The Morgan fingerprint density at radius 2 is 1.82 bits per heavy atom. The van der Waals surface area contributed by atoms with Gasteiger partial charge in [0.1, 0.15) is 0 Å². The van der Waals surface area contributed by atoms with Crippen molar-refractivity contribution in [1.29, 1.82) is 0 Å². The number of likely N-dealkylation sites (N-methyl/N-ethyl adjacent to an activating group) is 1. The lowest BCUT2D eigenvalue weighted by Crippen LogP contribution is -2.40. The maximum atomic E-state index is 13.4. The predicted octanol–water partition coefficient (Wildman–Crippen LogP) is 4.57. The SMILES string of the molecule is CNCC1CCCN1C(=O)c1cc(-c2ccccc2)nc2ccccc12.Cl.Cl. The smallest absolute Gasteiger partial charge is 0.254 e. The molecule has 1 aliphatic rings. The molecule has 0 bridgehead atoms. The Bertz CT molecular complexity index is 933. The molecule has 2 heterocycles. The molecule has 1 aromatic heterocycles. The molecule has 4 rings (SSSR count). The van der Waals surface area contributed by atoms with Crippen LogP contribution in [0, 0.1) is 0 Å². The summed E-state index contributed by atoms with van der Waals surface area (Å²) in [5.41, 5.74) is 3.48. The first-order valence-corrected chi connectivity index (χ1v) is 9.18. The lowest BCUT2D eigenvalue weighted by molar-refractivity contribution is 0.0739. The molecule has 1 unspecified atom stereocenters. The average molecular weight is 418 g/mol. The second-order valence-corrected chi connectivity index (χ2v) is 6.79. The zero-order valence-electron chi connectivity index (χ0n) is 15.8. The Morgan fingerprint density at radius 1 is 1.11 bits per heavy atom. The van der Waals surface area contributed by atoms with Gasteiger partial charge in [-0.2, -0.15) is 0 Å². The first kappa shape index (κ1) is 22.2.